The first kappa shape index (κ1) is 21.7. The number of carbonyl (C=O) groups is 2. The second-order valence-electron chi connectivity index (χ2n) is 6.68. The molecular formula is C19H19FN6O4S. The molecule has 0 spiro atoms. The van der Waals surface area contributed by atoms with Crippen molar-refractivity contribution in [1.82, 2.24) is 14.6 Å². The van der Waals surface area contributed by atoms with Crippen molar-refractivity contribution in [3.05, 3.63) is 52.6 Å². The number of hydrogen-bond donors (Lipinski definition) is 2. The van der Waals surface area contributed by atoms with Gasteiger partial charge in [-0.1, -0.05) is 0 Å². The zero-order valence-corrected chi connectivity index (χ0v) is 17.1. The third-order valence-corrected chi connectivity index (χ3v) is 6.37. The Balaban J connectivity index is 0.00000272. The van der Waals surface area contributed by atoms with E-state index < -0.39 is 50.8 Å². The van der Waals surface area contributed by atoms with Gasteiger partial charge in [-0.05, 0) is 37.6 Å². The zero-order chi connectivity index (χ0) is 22.9. The van der Waals surface area contributed by atoms with Crippen LogP contribution in [-0.2, 0) is 14.8 Å². The van der Waals surface area contributed by atoms with Crippen LogP contribution in [0.25, 0.3) is 0 Å². The van der Waals surface area contributed by atoms with Gasteiger partial charge in [-0.15, -0.1) is 0 Å². The van der Waals surface area contributed by atoms with Gasteiger partial charge < -0.3 is 10.6 Å². The van der Waals surface area contributed by atoms with E-state index in [1.165, 1.54) is 12.3 Å². The number of hydrogen-bond acceptors (Lipinski definition) is 7. The summed E-state index contributed by atoms with van der Waals surface area (Å²) in [6.07, 6.45) is 1.34. The number of aryl methyl sites for hydroxylation is 1. The first-order valence-electron chi connectivity index (χ1n) is 8.82. The summed E-state index contributed by atoms with van der Waals surface area (Å²) in [4.78, 5) is 28.2. The highest BCUT2D eigenvalue weighted by Gasteiger charge is 2.40. The Hall–Kier alpha value is -4.03. The van der Waals surface area contributed by atoms with Crippen LogP contribution in [0.15, 0.2) is 29.3 Å². The topological polar surface area (TPSA) is 156 Å². The summed E-state index contributed by atoms with van der Waals surface area (Å²) in [5, 5.41) is 22.9. The smallest absolute Gasteiger partial charge is 0.336 e. The maximum absolute atomic E-state index is 13.9. The van der Waals surface area contributed by atoms with Crippen LogP contribution in [0.5, 0.6) is 0 Å². The zero-order valence-electron chi connectivity index (χ0n) is 16.3. The fraction of sp³-hybridized carbons (Fsp3) is 0.211. The summed E-state index contributed by atoms with van der Waals surface area (Å²) >= 11 is 0. The van der Waals surface area contributed by atoms with Crippen LogP contribution < -0.4 is 10.6 Å². The highest BCUT2D eigenvalue weighted by molar-refractivity contribution is 7.90. The first-order chi connectivity index (χ1) is 14.6. The maximum atomic E-state index is 13.9. The molecule has 1 atom stereocenters. The van der Waals surface area contributed by atoms with Crippen molar-refractivity contribution in [3.8, 4) is 12.1 Å². The van der Waals surface area contributed by atoms with Gasteiger partial charge in [0.1, 0.15) is 35.0 Å². The Morgan fingerprint density at radius 2 is 2.10 bits per heavy atom. The summed E-state index contributed by atoms with van der Waals surface area (Å²) in [6, 6.07) is 5.13. The van der Waals surface area contributed by atoms with Crippen molar-refractivity contribution in [2.45, 2.75) is 24.8 Å². The molecule has 2 heterocycles. The molecule has 12 heteroatoms. The summed E-state index contributed by atoms with van der Waals surface area (Å²) in [5.74, 6) is -1.89. The molecule has 10 nitrogen and oxygen atoms in total. The van der Waals surface area contributed by atoms with Gasteiger partial charge in [0.15, 0.2) is 0 Å². The number of nitriles is 2. The van der Waals surface area contributed by atoms with Gasteiger partial charge in [-0.2, -0.15) is 10.5 Å². The molecule has 0 bridgehead atoms. The number of carbonyl (C=O) groups excluding carboxylic acids is 2. The summed E-state index contributed by atoms with van der Waals surface area (Å²) < 4.78 is 39.9. The minimum absolute atomic E-state index is 0. The fourth-order valence-corrected chi connectivity index (χ4v) is 4.74. The minimum atomic E-state index is -4.66. The third-order valence-electron chi connectivity index (χ3n) is 4.56. The van der Waals surface area contributed by atoms with E-state index in [9.17, 15) is 22.4 Å². The molecule has 2 N–H and O–H groups in total. The fourth-order valence-electron chi connectivity index (χ4n) is 3.17. The predicted molar refractivity (Wildman–Crippen MR) is 109 cm³/mol. The summed E-state index contributed by atoms with van der Waals surface area (Å²) in [7, 11) is -4.66. The lowest BCUT2D eigenvalue weighted by atomic mass is 10.1. The van der Waals surface area contributed by atoms with Crippen molar-refractivity contribution in [2.75, 3.05) is 11.9 Å². The average Bonchev–Trinajstić information content (AvgIpc) is 2.71. The number of urea groups is 1. The molecule has 0 saturated carbocycles. The molecular weight excluding hydrogens is 427 g/mol. The lowest BCUT2D eigenvalue weighted by molar-refractivity contribution is -0.121. The van der Waals surface area contributed by atoms with Crippen molar-refractivity contribution in [1.29, 1.82) is 10.5 Å². The second kappa shape index (κ2) is 8.01. The molecule has 3 rings (SSSR count). The monoisotopic (exact) mass is 446 g/mol. The number of amides is 3. The molecule has 2 aromatic rings. The van der Waals surface area contributed by atoms with Gasteiger partial charge in [0.05, 0.1) is 23.0 Å². The highest BCUT2D eigenvalue weighted by atomic mass is 32.2. The van der Waals surface area contributed by atoms with E-state index in [4.69, 9.17) is 10.5 Å². The molecule has 31 heavy (non-hydrogen) atoms. The lowest BCUT2D eigenvalue weighted by Crippen LogP contribution is -2.49. The molecule has 0 fully saturated rings. The number of anilines is 1. The standard InChI is InChI=1S/C19H15FN6O4S.2H2/c1-10-5-12(6-21)8-23-17(10)11(2)24-16(27)9-26-19(28)25-15-4-3-14(20)13(7-22)18(15)31(26,29)30;;/h3-5,8,11H,9H2,1-2H3,(H,24,27)(H,25,28);2*1H/t11-;;/m1../s1. The van der Waals surface area contributed by atoms with Crippen molar-refractivity contribution >= 4 is 27.6 Å². The summed E-state index contributed by atoms with van der Waals surface area (Å²) in [6.45, 7) is 2.40. The molecule has 3 amide bonds. The van der Waals surface area contributed by atoms with Crippen molar-refractivity contribution in [3.63, 3.8) is 0 Å². The number of fused-ring (bicyclic) bond motifs is 1. The van der Waals surface area contributed by atoms with Crippen LogP contribution >= 0.6 is 0 Å². The van der Waals surface area contributed by atoms with Crippen LogP contribution in [0.2, 0.25) is 0 Å². The van der Waals surface area contributed by atoms with E-state index in [1.54, 1.807) is 19.9 Å². The number of nitrogens with zero attached hydrogens (tertiary/aromatic N) is 4. The van der Waals surface area contributed by atoms with Crippen LogP contribution in [0.3, 0.4) is 0 Å². The van der Waals surface area contributed by atoms with Crippen molar-refractivity contribution in [2.24, 2.45) is 0 Å². The number of aromatic nitrogens is 1. The van der Waals surface area contributed by atoms with Crippen molar-refractivity contribution < 1.29 is 25.3 Å². The number of sulfonamides is 1. The van der Waals surface area contributed by atoms with Gasteiger partial charge in [0.25, 0.3) is 10.0 Å². The van der Waals surface area contributed by atoms with Gasteiger partial charge >= 0.3 is 6.03 Å². The second-order valence-corrected chi connectivity index (χ2v) is 8.48. The van der Waals surface area contributed by atoms with E-state index in [0.29, 0.717) is 16.8 Å². The Labute approximate surface area is 179 Å². The summed E-state index contributed by atoms with van der Waals surface area (Å²) in [5.41, 5.74) is 0.435. The molecule has 1 aliphatic heterocycles. The molecule has 1 aliphatic rings. The Morgan fingerprint density at radius 1 is 1.39 bits per heavy atom. The maximum Gasteiger partial charge on any atom is 0.336 e. The Morgan fingerprint density at radius 3 is 2.71 bits per heavy atom. The highest BCUT2D eigenvalue weighted by Crippen LogP contribution is 2.34. The Bertz CT molecular complexity index is 1310. The average molecular weight is 446 g/mol. The lowest BCUT2D eigenvalue weighted by Gasteiger charge is -2.29. The number of halogens is 1. The van der Waals surface area contributed by atoms with Gasteiger partial charge in [-0.3, -0.25) is 9.78 Å². The van der Waals surface area contributed by atoms with E-state index in [-0.39, 0.29) is 12.8 Å². The van der Waals surface area contributed by atoms with E-state index in [2.05, 4.69) is 15.6 Å². The van der Waals surface area contributed by atoms with Gasteiger partial charge in [-0.25, -0.2) is 21.9 Å². The van der Waals surface area contributed by atoms with E-state index in [0.717, 1.165) is 12.1 Å². The third kappa shape index (κ3) is 3.89. The number of nitrogens with one attached hydrogen (secondary N) is 2. The van der Waals surface area contributed by atoms with Gasteiger partial charge in [0, 0.05) is 9.05 Å². The van der Waals surface area contributed by atoms with E-state index in [1.807, 2.05) is 6.07 Å². The van der Waals surface area contributed by atoms with Crippen LogP contribution in [-0.4, -0.2) is 36.2 Å². The van der Waals surface area contributed by atoms with Crippen LogP contribution in [0, 0.1) is 35.4 Å². The molecule has 0 radical (unpaired) electrons. The minimum Gasteiger partial charge on any atom is -0.346 e. The quantitative estimate of drug-likeness (QED) is 0.729. The molecule has 162 valence electrons. The predicted octanol–water partition coefficient (Wildman–Crippen LogP) is 2.18. The SMILES string of the molecule is Cc1cc(C#N)cnc1[C@@H](C)NC(=O)CN1C(=O)Nc2ccc(F)c(C#N)c2S1(=O)=O.[HH].[HH]. The molecule has 0 aliphatic carbocycles. The molecule has 0 unspecified atom stereocenters. The number of rotatable bonds is 4. The van der Waals surface area contributed by atoms with Crippen LogP contribution in [0.4, 0.5) is 14.9 Å². The van der Waals surface area contributed by atoms with Gasteiger partial charge in [0.2, 0.25) is 5.91 Å². The normalized spacial score (nSPS) is 15.1. The number of pyridine rings is 1. The first-order valence-corrected chi connectivity index (χ1v) is 10.3. The number of benzene rings is 1. The Kier molecular flexibility index (Phi) is 5.60. The molecule has 0 saturated heterocycles. The van der Waals surface area contributed by atoms with Crippen LogP contribution in [0.1, 0.15) is 38.2 Å². The molecule has 1 aromatic heterocycles. The largest absolute Gasteiger partial charge is 0.346 e. The molecule has 1 aromatic carbocycles. The van der Waals surface area contributed by atoms with E-state index >= 15 is 0 Å².